The molecule has 0 atom stereocenters. The van der Waals surface area contributed by atoms with E-state index in [1.165, 1.54) is 6.07 Å². The van der Waals surface area contributed by atoms with Gasteiger partial charge in [-0.05, 0) is 33.9 Å². The van der Waals surface area contributed by atoms with Gasteiger partial charge in [0.1, 0.15) is 4.90 Å². The molecule has 4 heteroatoms. The Bertz CT molecular complexity index is 1240. The lowest BCUT2D eigenvalue weighted by Crippen LogP contribution is -2.05. The van der Waals surface area contributed by atoms with Crippen molar-refractivity contribution in [2.24, 2.45) is 0 Å². The molecular formula is C26H20O3S. The quantitative estimate of drug-likeness (QED) is 0.326. The Morgan fingerprint density at radius 2 is 0.867 bits per heavy atom. The lowest BCUT2D eigenvalue weighted by molar-refractivity contribution is 0.483. The van der Waals surface area contributed by atoms with E-state index in [4.69, 9.17) is 0 Å². The molecule has 148 valence electrons. The second-order valence-corrected chi connectivity index (χ2v) is 8.21. The zero-order chi connectivity index (χ0) is 21.0. The fourth-order valence-electron chi connectivity index (χ4n) is 3.60. The van der Waals surface area contributed by atoms with E-state index in [9.17, 15) is 13.0 Å². The van der Waals surface area contributed by atoms with Crippen molar-refractivity contribution in [3.05, 3.63) is 138 Å². The maximum Gasteiger partial charge on any atom is 0.295 e. The van der Waals surface area contributed by atoms with Crippen molar-refractivity contribution in [2.75, 3.05) is 0 Å². The minimum absolute atomic E-state index is 0.117. The molecule has 0 aliphatic carbocycles. The first-order chi connectivity index (χ1) is 14.6. The van der Waals surface area contributed by atoms with Crippen LogP contribution in [0, 0.1) is 0 Å². The summed E-state index contributed by atoms with van der Waals surface area (Å²) in [5.74, 6) is 0. The number of hydrogen-bond acceptors (Lipinski definition) is 2. The first kappa shape index (κ1) is 19.8. The summed E-state index contributed by atoms with van der Waals surface area (Å²) >= 11 is 0. The van der Waals surface area contributed by atoms with E-state index < -0.39 is 10.1 Å². The minimum atomic E-state index is -4.42. The van der Waals surface area contributed by atoms with Gasteiger partial charge in [-0.2, -0.15) is 8.42 Å². The van der Waals surface area contributed by atoms with Gasteiger partial charge in [-0.15, -0.1) is 0 Å². The molecule has 4 rings (SSSR count). The van der Waals surface area contributed by atoms with E-state index in [0.717, 1.165) is 27.8 Å². The largest absolute Gasteiger partial charge is 0.295 e. The number of benzene rings is 4. The summed E-state index contributed by atoms with van der Waals surface area (Å²) in [6.07, 6.45) is 0. The molecule has 0 aliphatic rings. The fraction of sp³-hybridized carbons (Fsp3) is 0. The van der Waals surface area contributed by atoms with Gasteiger partial charge in [0.2, 0.25) is 0 Å². The predicted octanol–water partition coefficient (Wildman–Crippen LogP) is 5.94. The summed E-state index contributed by atoms with van der Waals surface area (Å²) < 4.78 is 34.4. The van der Waals surface area contributed by atoms with Crippen LogP contribution in [-0.2, 0) is 10.1 Å². The average molecular weight is 413 g/mol. The van der Waals surface area contributed by atoms with Crippen LogP contribution in [0.15, 0.2) is 120 Å². The Hall–Kier alpha value is -3.47. The van der Waals surface area contributed by atoms with Crippen LogP contribution in [0.5, 0.6) is 0 Å². The molecule has 0 saturated carbocycles. The fourth-order valence-corrected chi connectivity index (χ4v) is 4.30. The lowest BCUT2D eigenvalue weighted by atomic mass is 9.86. The third-order valence-corrected chi connectivity index (χ3v) is 5.78. The molecule has 0 heterocycles. The second kappa shape index (κ2) is 8.49. The number of hydrogen-bond donors (Lipinski definition) is 1. The van der Waals surface area contributed by atoms with Crippen LogP contribution in [0.25, 0.3) is 11.1 Å². The van der Waals surface area contributed by atoms with Crippen molar-refractivity contribution in [1.29, 1.82) is 0 Å². The van der Waals surface area contributed by atoms with Crippen molar-refractivity contribution in [3.8, 4) is 0 Å². The van der Waals surface area contributed by atoms with E-state index in [1.54, 1.807) is 18.2 Å². The van der Waals surface area contributed by atoms with Crippen LogP contribution in [0.2, 0.25) is 0 Å². The maximum atomic E-state index is 12.2. The standard InChI is InChI=1S/C26H20O3S/c27-30(28,29)24-19-11-10-18-23(24)26(22-16-8-3-9-17-22)25(20-12-4-1-5-13-20)21-14-6-2-7-15-21/h1-19H,(H,27,28,29). The summed E-state index contributed by atoms with van der Waals surface area (Å²) in [5.41, 5.74) is 4.84. The van der Waals surface area contributed by atoms with Crippen molar-refractivity contribution in [1.82, 2.24) is 0 Å². The summed E-state index contributed by atoms with van der Waals surface area (Å²) in [6.45, 7) is 0. The summed E-state index contributed by atoms with van der Waals surface area (Å²) in [4.78, 5) is -0.117. The van der Waals surface area contributed by atoms with Crippen molar-refractivity contribution in [2.45, 2.75) is 4.90 Å². The van der Waals surface area contributed by atoms with Gasteiger partial charge in [-0.3, -0.25) is 4.55 Å². The van der Waals surface area contributed by atoms with Crippen molar-refractivity contribution >= 4 is 21.3 Å². The van der Waals surface area contributed by atoms with Gasteiger partial charge < -0.3 is 0 Å². The lowest BCUT2D eigenvalue weighted by Gasteiger charge is -2.19. The van der Waals surface area contributed by atoms with Crippen LogP contribution in [0.1, 0.15) is 22.3 Å². The Morgan fingerprint density at radius 3 is 1.30 bits per heavy atom. The van der Waals surface area contributed by atoms with E-state index in [0.29, 0.717) is 5.56 Å². The predicted molar refractivity (Wildman–Crippen MR) is 121 cm³/mol. The molecule has 0 aliphatic heterocycles. The first-order valence-electron chi connectivity index (χ1n) is 9.53. The van der Waals surface area contributed by atoms with Gasteiger partial charge in [0.25, 0.3) is 10.1 Å². The monoisotopic (exact) mass is 412 g/mol. The molecular weight excluding hydrogens is 392 g/mol. The zero-order valence-corrected chi connectivity index (χ0v) is 17.0. The third kappa shape index (κ3) is 4.10. The summed E-state index contributed by atoms with van der Waals surface area (Å²) in [6, 6.07) is 35.9. The first-order valence-corrected chi connectivity index (χ1v) is 11.0. The molecule has 30 heavy (non-hydrogen) atoms. The molecule has 1 N–H and O–H groups in total. The van der Waals surface area contributed by atoms with E-state index >= 15 is 0 Å². The highest BCUT2D eigenvalue weighted by atomic mass is 32.2. The van der Waals surface area contributed by atoms with E-state index in [-0.39, 0.29) is 4.90 Å². The molecule has 0 unspecified atom stereocenters. The average Bonchev–Trinajstić information content (AvgIpc) is 2.78. The van der Waals surface area contributed by atoms with Crippen LogP contribution >= 0.6 is 0 Å². The topological polar surface area (TPSA) is 54.4 Å². The molecule has 0 radical (unpaired) electrons. The van der Waals surface area contributed by atoms with Crippen LogP contribution < -0.4 is 0 Å². The molecule has 0 spiro atoms. The second-order valence-electron chi connectivity index (χ2n) is 6.82. The Morgan fingerprint density at radius 1 is 0.500 bits per heavy atom. The third-order valence-electron chi connectivity index (χ3n) is 4.87. The highest BCUT2D eigenvalue weighted by Crippen LogP contribution is 2.38. The van der Waals surface area contributed by atoms with E-state index in [2.05, 4.69) is 0 Å². The van der Waals surface area contributed by atoms with Gasteiger partial charge in [0.15, 0.2) is 0 Å². The molecule has 3 nitrogen and oxygen atoms in total. The molecule has 0 saturated heterocycles. The molecule has 4 aromatic rings. The smallest absolute Gasteiger partial charge is 0.282 e. The van der Waals surface area contributed by atoms with Gasteiger partial charge >= 0.3 is 0 Å². The molecule has 4 aromatic carbocycles. The molecule has 0 aromatic heterocycles. The minimum Gasteiger partial charge on any atom is -0.282 e. The highest BCUT2D eigenvalue weighted by molar-refractivity contribution is 7.86. The Kier molecular flexibility index (Phi) is 5.61. The van der Waals surface area contributed by atoms with Gasteiger partial charge in [0.05, 0.1) is 0 Å². The Balaban J connectivity index is 2.18. The van der Waals surface area contributed by atoms with Crippen LogP contribution in [0.3, 0.4) is 0 Å². The maximum absolute atomic E-state index is 12.2. The van der Waals surface area contributed by atoms with Gasteiger partial charge in [0, 0.05) is 5.56 Å². The Labute approximate surface area is 176 Å². The highest BCUT2D eigenvalue weighted by Gasteiger charge is 2.22. The SMILES string of the molecule is O=S(=O)(O)c1ccccc1C(=C(c1ccccc1)c1ccccc1)c1ccccc1. The van der Waals surface area contributed by atoms with E-state index in [1.807, 2.05) is 91.0 Å². The summed E-state index contributed by atoms with van der Waals surface area (Å²) in [7, 11) is -4.42. The van der Waals surface area contributed by atoms with Gasteiger partial charge in [-0.1, -0.05) is 109 Å². The van der Waals surface area contributed by atoms with Crippen LogP contribution in [-0.4, -0.2) is 13.0 Å². The normalized spacial score (nSPS) is 11.1. The summed E-state index contributed by atoms with van der Waals surface area (Å²) in [5, 5.41) is 0. The van der Waals surface area contributed by atoms with Crippen LogP contribution in [0.4, 0.5) is 0 Å². The number of rotatable bonds is 5. The van der Waals surface area contributed by atoms with Gasteiger partial charge in [-0.25, -0.2) is 0 Å². The zero-order valence-electron chi connectivity index (χ0n) is 16.1. The van der Waals surface area contributed by atoms with Crippen molar-refractivity contribution in [3.63, 3.8) is 0 Å². The van der Waals surface area contributed by atoms with Crippen molar-refractivity contribution < 1.29 is 13.0 Å². The molecule has 0 amide bonds. The molecule has 0 bridgehead atoms. The molecule has 0 fully saturated rings.